The van der Waals surface area contributed by atoms with Crippen LogP contribution in [0.25, 0.3) is 10.2 Å². The van der Waals surface area contributed by atoms with Crippen molar-refractivity contribution < 1.29 is 4.79 Å². The Labute approximate surface area is 166 Å². The number of benzene rings is 1. The average Bonchev–Trinajstić information content (AvgIpc) is 3.14. The van der Waals surface area contributed by atoms with Crippen molar-refractivity contribution in [1.82, 2.24) is 9.55 Å². The zero-order valence-corrected chi connectivity index (χ0v) is 17.5. The summed E-state index contributed by atoms with van der Waals surface area (Å²) in [7, 11) is 1.69. The summed E-state index contributed by atoms with van der Waals surface area (Å²) >= 11 is 2.72. The molecule has 0 spiro atoms. The Kier molecular flexibility index (Phi) is 6.01. The van der Waals surface area contributed by atoms with Crippen molar-refractivity contribution in [3.8, 4) is 0 Å². The van der Waals surface area contributed by atoms with Gasteiger partial charge in [0, 0.05) is 12.7 Å². The standard InChI is InChI=1S/C20H23N3O2S2/c1-5-12(2)14-6-8-15(9-7-14)21-17(24)13(3)27-20-22-18-16(10-11-26-18)19(25)23(20)4/h6-13H,5H2,1-4H3,(H,21,24). The lowest BCUT2D eigenvalue weighted by Gasteiger charge is -2.14. The number of hydrogen-bond donors (Lipinski definition) is 1. The number of rotatable bonds is 6. The van der Waals surface area contributed by atoms with Crippen LogP contribution >= 0.6 is 23.1 Å². The first-order chi connectivity index (χ1) is 12.9. The number of nitrogens with zero attached hydrogens (tertiary/aromatic N) is 2. The van der Waals surface area contributed by atoms with Crippen LogP contribution in [0.1, 0.15) is 38.7 Å². The van der Waals surface area contributed by atoms with Gasteiger partial charge in [-0.15, -0.1) is 11.3 Å². The van der Waals surface area contributed by atoms with Gasteiger partial charge in [-0.2, -0.15) is 0 Å². The van der Waals surface area contributed by atoms with E-state index in [4.69, 9.17) is 0 Å². The fraction of sp³-hybridized carbons (Fsp3) is 0.350. The van der Waals surface area contributed by atoms with Crippen LogP contribution in [0, 0.1) is 0 Å². The van der Waals surface area contributed by atoms with Gasteiger partial charge in [-0.1, -0.05) is 37.7 Å². The van der Waals surface area contributed by atoms with E-state index in [-0.39, 0.29) is 16.7 Å². The number of thioether (sulfide) groups is 1. The highest BCUT2D eigenvalue weighted by Gasteiger charge is 2.19. The van der Waals surface area contributed by atoms with Crippen LogP contribution in [0.4, 0.5) is 5.69 Å². The van der Waals surface area contributed by atoms with Crippen molar-refractivity contribution in [3.05, 3.63) is 51.6 Å². The smallest absolute Gasteiger partial charge is 0.262 e. The molecule has 27 heavy (non-hydrogen) atoms. The van der Waals surface area contributed by atoms with Crippen LogP contribution in [0.2, 0.25) is 0 Å². The van der Waals surface area contributed by atoms with Crippen molar-refractivity contribution in [2.75, 3.05) is 5.32 Å². The third kappa shape index (κ3) is 4.25. The second-order valence-electron chi connectivity index (χ2n) is 6.58. The Morgan fingerprint density at radius 3 is 2.63 bits per heavy atom. The second-order valence-corrected chi connectivity index (χ2v) is 8.78. The van der Waals surface area contributed by atoms with Crippen LogP contribution in [0.5, 0.6) is 0 Å². The molecule has 0 bridgehead atoms. The van der Waals surface area contributed by atoms with E-state index in [9.17, 15) is 9.59 Å². The monoisotopic (exact) mass is 401 g/mol. The minimum absolute atomic E-state index is 0.0861. The Bertz CT molecular complexity index is 1010. The molecule has 0 radical (unpaired) electrons. The molecule has 2 unspecified atom stereocenters. The summed E-state index contributed by atoms with van der Waals surface area (Å²) in [5.74, 6) is 0.389. The molecule has 0 aliphatic heterocycles. The minimum Gasteiger partial charge on any atom is -0.325 e. The number of carbonyl (C=O) groups excluding carboxylic acids is 1. The van der Waals surface area contributed by atoms with Gasteiger partial charge in [-0.3, -0.25) is 14.2 Å². The van der Waals surface area contributed by atoms with Gasteiger partial charge in [0.15, 0.2) is 5.16 Å². The van der Waals surface area contributed by atoms with Crippen LogP contribution in [0.15, 0.2) is 45.7 Å². The number of amides is 1. The fourth-order valence-electron chi connectivity index (χ4n) is 2.67. The summed E-state index contributed by atoms with van der Waals surface area (Å²) in [6.07, 6.45) is 1.08. The molecule has 7 heteroatoms. The predicted octanol–water partition coefficient (Wildman–Crippen LogP) is 4.63. The van der Waals surface area contributed by atoms with E-state index in [0.29, 0.717) is 21.3 Å². The molecule has 0 saturated heterocycles. The SMILES string of the molecule is CCC(C)c1ccc(NC(=O)C(C)Sc2nc3sccc3c(=O)n2C)cc1. The predicted molar refractivity (Wildman–Crippen MR) is 114 cm³/mol. The van der Waals surface area contributed by atoms with Crippen LogP contribution in [-0.2, 0) is 11.8 Å². The normalized spacial score (nSPS) is 13.5. The van der Waals surface area contributed by atoms with E-state index < -0.39 is 0 Å². The molecule has 0 saturated carbocycles. The molecular formula is C20H23N3O2S2. The maximum Gasteiger partial charge on any atom is 0.262 e. The lowest BCUT2D eigenvalue weighted by molar-refractivity contribution is -0.115. The summed E-state index contributed by atoms with van der Waals surface area (Å²) in [5, 5.41) is 5.58. The van der Waals surface area contributed by atoms with E-state index >= 15 is 0 Å². The molecule has 5 nitrogen and oxygen atoms in total. The zero-order valence-electron chi connectivity index (χ0n) is 15.9. The Morgan fingerprint density at radius 2 is 1.96 bits per heavy atom. The number of fused-ring (bicyclic) bond motifs is 1. The average molecular weight is 402 g/mol. The first-order valence-electron chi connectivity index (χ1n) is 8.92. The maximum absolute atomic E-state index is 12.6. The maximum atomic E-state index is 12.6. The molecule has 2 heterocycles. The lowest BCUT2D eigenvalue weighted by Crippen LogP contribution is -2.25. The van der Waals surface area contributed by atoms with E-state index in [1.807, 2.05) is 24.4 Å². The molecule has 1 N–H and O–H groups in total. The molecular weight excluding hydrogens is 378 g/mol. The lowest BCUT2D eigenvalue weighted by atomic mass is 9.99. The summed E-state index contributed by atoms with van der Waals surface area (Å²) < 4.78 is 1.50. The van der Waals surface area contributed by atoms with Crippen LogP contribution < -0.4 is 10.9 Å². The molecule has 3 aromatic rings. The van der Waals surface area contributed by atoms with Crippen molar-refractivity contribution >= 4 is 44.9 Å². The summed E-state index contributed by atoms with van der Waals surface area (Å²) in [6, 6.07) is 9.75. The Balaban J connectivity index is 1.71. The van der Waals surface area contributed by atoms with Gasteiger partial charge < -0.3 is 5.32 Å². The largest absolute Gasteiger partial charge is 0.325 e. The highest BCUT2D eigenvalue weighted by molar-refractivity contribution is 8.00. The molecule has 0 fully saturated rings. The van der Waals surface area contributed by atoms with Crippen LogP contribution in [0.3, 0.4) is 0 Å². The van der Waals surface area contributed by atoms with Gasteiger partial charge in [0.25, 0.3) is 5.56 Å². The highest BCUT2D eigenvalue weighted by atomic mass is 32.2. The quantitative estimate of drug-likeness (QED) is 0.483. The number of hydrogen-bond acceptors (Lipinski definition) is 5. The molecule has 0 aliphatic carbocycles. The molecule has 142 valence electrons. The highest BCUT2D eigenvalue weighted by Crippen LogP contribution is 2.25. The molecule has 1 aromatic carbocycles. The summed E-state index contributed by atoms with van der Waals surface area (Å²) in [6.45, 7) is 6.17. The molecule has 0 aliphatic rings. The second kappa shape index (κ2) is 8.27. The van der Waals surface area contributed by atoms with Crippen molar-refractivity contribution in [2.24, 2.45) is 7.05 Å². The zero-order chi connectivity index (χ0) is 19.6. The number of aromatic nitrogens is 2. The van der Waals surface area contributed by atoms with E-state index in [1.165, 1.54) is 33.2 Å². The molecule has 3 rings (SSSR count). The van der Waals surface area contributed by atoms with Gasteiger partial charge in [0.1, 0.15) is 4.83 Å². The molecule has 2 aromatic heterocycles. The van der Waals surface area contributed by atoms with Gasteiger partial charge in [-0.25, -0.2) is 4.98 Å². The van der Waals surface area contributed by atoms with Crippen LogP contribution in [-0.4, -0.2) is 20.7 Å². The summed E-state index contributed by atoms with van der Waals surface area (Å²) in [5.41, 5.74) is 1.95. The van der Waals surface area contributed by atoms with E-state index in [0.717, 1.165) is 12.1 Å². The topological polar surface area (TPSA) is 64.0 Å². The van der Waals surface area contributed by atoms with Crippen molar-refractivity contribution in [2.45, 2.75) is 43.5 Å². The van der Waals surface area contributed by atoms with Gasteiger partial charge in [0.2, 0.25) is 5.91 Å². The number of anilines is 1. The number of nitrogens with one attached hydrogen (secondary N) is 1. The fourth-order valence-corrected chi connectivity index (χ4v) is 4.35. The van der Waals surface area contributed by atoms with Crippen molar-refractivity contribution in [3.63, 3.8) is 0 Å². The number of thiophene rings is 1. The third-order valence-corrected chi connectivity index (χ3v) is 6.63. The van der Waals surface area contributed by atoms with Gasteiger partial charge >= 0.3 is 0 Å². The first-order valence-corrected chi connectivity index (χ1v) is 10.7. The molecule has 2 atom stereocenters. The third-order valence-electron chi connectivity index (χ3n) is 4.67. The van der Waals surface area contributed by atoms with Gasteiger partial charge in [0.05, 0.1) is 10.6 Å². The van der Waals surface area contributed by atoms with Crippen molar-refractivity contribution in [1.29, 1.82) is 0 Å². The number of carbonyl (C=O) groups is 1. The molecule has 1 amide bonds. The Hall–Kier alpha value is -2.12. The first kappa shape index (κ1) is 19.6. The summed E-state index contributed by atoms with van der Waals surface area (Å²) in [4.78, 5) is 30.2. The minimum atomic E-state index is -0.380. The van der Waals surface area contributed by atoms with E-state index in [1.54, 1.807) is 13.1 Å². The Morgan fingerprint density at radius 1 is 1.26 bits per heavy atom. The van der Waals surface area contributed by atoms with Gasteiger partial charge in [-0.05, 0) is 48.4 Å². The van der Waals surface area contributed by atoms with E-state index in [2.05, 4.69) is 36.3 Å².